The highest BCUT2D eigenvalue weighted by atomic mass is 19.3. The van der Waals surface area contributed by atoms with Gasteiger partial charge in [-0.3, -0.25) is 4.40 Å². The first-order valence-corrected chi connectivity index (χ1v) is 10.1. The van der Waals surface area contributed by atoms with Crippen molar-refractivity contribution in [3.05, 3.63) is 59.4 Å². The predicted molar refractivity (Wildman–Crippen MR) is 112 cm³/mol. The summed E-state index contributed by atoms with van der Waals surface area (Å²) >= 11 is 0. The van der Waals surface area contributed by atoms with E-state index >= 15 is 0 Å². The van der Waals surface area contributed by atoms with Crippen LogP contribution in [0.3, 0.4) is 0 Å². The Bertz CT molecular complexity index is 1270. The first-order valence-electron chi connectivity index (χ1n) is 10.1. The highest BCUT2D eigenvalue weighted by molar-refractivity contribution is 5.94. The highest BCUT2D eigenvalue weighted by Gasteiger charge is 2.24. The van der Waals surface area contributed by atoms with E-state index in [0.717, 1.165) is 11.0 Å². The van der Waals surface area contributed by atoms with Crippen molar-refractivity contribution in [1.29, 1.82) is 0 Å². The number of fused-ring (bicyclic) bond motifs is 3. The molecule has 2 heterocycles. The van der Waals surface area contributed by atoms with Crippen LogP contribution in [0.15, 0.2) is 36.4 Å². The molecule has 4 rings (SSSR count). The van der Waals surface area contributed by atoms with Crippen LogP contribution in [0, 0.1) is 18.6 Å². The Labute approximate surface area is 181 Å². The van der Waals surface area contributed by atoms with Gasteiger partial charge in [-0.2, -0.15) is 4.98 Å². The van der Waals surface area contributed by atoms with Crippen molar-refractivity contribution in [2.45, 2.75) is 39.2 Å². The van der Waals surface area contributed by atoms with Gasteiger partial charge in [0.15, 0.2) is 0 Å². The largest absolute Gasteiger partial charge is 0.393 e. The van der Waals surface area contributed by atoms with Gasteiger partial charge < -0.3 is 10.0 Å². The number of rotatable bonds is 7. The lowest BCUT2D eigenvalue weighted by Gasteiger charge is -2.26. The molecule has 2 aromatic heterocycles. The SMILES string of the molecule is Cc1nnc2nc(N(CC(F)F)c3cc(F)cc(CC[C@@H](C)O)c3)c3c(F)cccc3n12. The van der Waals surface area contributed by atoms with Crippen molar-refractivity contribution in [2.24, 2.45) is 0 Å². The average molecular weight is 447 g/mol. The maximum Gasteiger partial charge on any atom is 0.257 e. The molecular weight excluding hydrogens is 426 g/mol. The average Bonchev–Trinajstić information content (AvgIpc) is 3.10. The molecule has 6 nitrogen and oxygen atoms in total. The highest BCUT2D eigenvalue weighted by Crippen LogP contribution is 2.34. The first-order chi connectivity index (χ1) is 15.2. The Morgan fingerprint density at radius 3 is 2.62 bits per heavy atom. The maximum absolute atomic E-state index is 15.0. The third kappa shape index (κ3) is 4.22. The number of hydrogen-bond donors (Lipinski definition) is 1. The summed E-state index contributed by atoms with van der Waals surface area (Å²) in [7, 11) is 0. The normalized spacial score (nSPS) is 12.8. The van der Waals surface area contributed by atoms with Gasteiger partial charge in [0.05, 0.1) is 23.6 Å². The quantitative estimate of drug-likeness (QED) is 0.420. The lowest BCUT2D eigenvalue weighted by Crippen LogP contribution is -2.26. The molecule has 10 heteroatoms. The molecule has 1 N–H and O–H groups in total. The molecule has 0 aliphatic carbocycles. The molecule has 168 valence electrons. The van der Waals surface area contributed by atoms with E-state index in [9.17, 15) is 22.7 Å². The van der Waals surface area contributed by atoms with Crippen LogP contribution in [-0.2, 0) is 6.42 Å². The van der Waals surface area contributed by atoms with Crippen molar-refractivity contribution in [3.8, 4) is 0 Å². The van der Waals surface area contributed by atoms with Crippen LogP contribution in [-0.4, -0.2) is 43.8 Å². The van der Waals surface area contributed by atoms with Gasteiger partial charge in [-0.1, -0.05) is 6.07 Å². The molecule has 0 saturated heterocycles. The fourth-order valence-electron chi connectivity index (χ4n) is 3.73. The number of aromatic nitrogens is 4. The second-order valence-electron chi connectivity index (χ2n) is 7.66. The van der Waals surface area contributed by atoms with E-state index in [-0.39, 0.29) is 22.7 Å². The van der Waals surface area contributed by atoms with Crippen LogP contribution in [0.25, 0.3) is 16.7 Å². The van der Waals surface area contributed by atoms with Crippen LogP contribution in [0.1, 0.15) is 24.7 Å². The van der Waals surface area contributed by atoms with Gasteiger partial charge in [0, 0.05) is 5.69 Å². The number of aliphatic hydroxyl groups excluding tert-OH is 1. The summed E-state index contributed by atoms with van der Waals surface area (Å²) in [5, 5.41) is 17.5. The molecule has 0 amide bonds. The van der Waals surface area contributed by atoms with E-state index in [1.807, 2.05) is 0 Å². The van der Waals surface area contributed by atoms with Crippen molar-refractivity contribution < 1.29 is 22.7 Å². The van der Waals surface area contributed by atoms with Crippen LogP contribution < -0.4 is 4.90 Å². The molecule has 2 aromatic carbocycles. The summed E-state index contributed by atoms with van der Waals surface area (Å²) in [6.45, 7) is 2.45. The third-order valence-electron chi connectivity index (χ3n) is 5.15. The Balaban J connectivity index is 1.95. The van der Waals surface area contributed by atoms with Gasteiger partial charge in [-0.25, -0.2) is 17.6 Å². The Kier molecular flexibility index (Phi) is 5.96. The second kappa shape index (κ2) is 8.70. The topological polar surface area (TPSA) is 66.5 Å². The number of halogens is 4. The number of hydrogen-bond acceptors (Lipinski definition) is 5. The van der Waals surface area contributed by atoms with Crippen LogP contribution in [0.4, 0.5) is 29.1 Å². The van der Waals surface area contributed by atoms with Crippen LogP contribution in [0.2, 0.25) is 0 Å². The van der Waals surface area contributed by atoms with Gasteiger partial charge in [-0.05, 0) is 62.6 Å². The minimum Gasteiger partial charge on any atom is -0.393 e. The van der Waals surface area contributed by atoms with Crippen molar-refractivity contribution in [1.82, 2.24) is 19.6 Å². The van der Waals surface area contributed by atoms with E-state index in [2.05, 4.69) is 15.2 Å². The molecular formula is C22H21F4N5O. The van der Waals surface area contributed by atoms with Gasteiger partial charge in [0.2, 0.25) is 0 Å². The second-order valence-corrected chi connectivity index (χ2v) is 7.66. The third-order valence-corrected chi connectivity index (χ3v) is 5.15. The molecule has 1 atom stereocenters. The minimum atomic E-state index is -2.81. The van der Waals surface area contributed by atoms with E-state index in [0.29, 0.717) is 29.7 Å². The minimum absolute atomic E-state index is 0.00154. The number of aryl methyl sites for hydroxylation is 2. The summed E-state index contributed by atoms with van der Waals surface area (Å²) in [5.41, 5.74) is 0.977. The zero-order valence-corrected chi connectivity index (χ0v) is 17.4. The Morgan fingerprint density at radius 1 is 1.12 bits per heavy atom. The zero-order valence-electron chi connectivity index (χ0n) is 17.4. The fourth-order valence-corrected chi connectivity index (χ4v) is 3.73. The monoisotopic (exact) mass is 447 g/mol. The van der Waals surface area contributed by atoms with Crippen molar-refractivity contribution in [3.63, 3.8) is 0 Å². The van der Waals surface area contributed by atoms with Crippen molar-refractivity contribution in [2.75, 3.05) is 11.4 Å². The molecule has 0 unspecified atom stereocenters. The standard InChI is InChI=1S/C22H21F4N5O/c1-12(32)6-7-14-8-15(23)10-16(9-14)30(11-19(25)26)21-20-17(24)4-3-5-18(20)31-13(2)28-29-22(31)27-21/h3-5,8-10,12,19,32H,6-7,11H2,1-2H3/t12-/m1/s1. The molecule has 0 fully saturated rings. The number of benzene rings is 2. The van der Waals surface area contributed by atoms with Gasteiger partial charge in [0.25, 0.3) is 12.2 Å². The van der Waals surface area contributed by atoms with E-state index in [1.54, 1.807) is 26.0 Å². The first kappa shape index (κ1) is 21.9. The summed E-state index contributed by atoms with van der Waals surface area (Å²) in [5.74, 6) is -0.830. The number of nitrogens with zero attached hydrogens (tertiary/aromatic N) is 5. The van der Waals surface area contributed by atoms with Crippen LogP contribution >= 0.6 is 0 Å². The van der Waals surface area contributed by atoms with Gasteiger partial charge >= 0.3 is 0 Å². The lowest BCUT2D eigenvalue weighted by molar-refractivity contribution is 0.158. The zero-order chi connectivity index (χ0) is 23.0. The molecule has 0 bridgehead atoms. The smallest absolute Gasteiger partial charge is 0.257 e. The molecule has 4 aromatic rings. The number of anilines is 2. The molecule has 0 spiro atoms. The lowest BCUT2D eigenvalue weighted by atomic mass is 10.1. The number of aliphatic hydroxyl groups is 1. The Morgan fingerprint density at radius 2 is 1.91 bits per heavy atom. The Hall–Kier alpha value is -3.27. The summed E-state index contributed by atoms with van der Waals surface area (Å²) in [4.78, 5) is 5.42. The molecule has 0 aliphatic rings. The van der Waals surface area contributed by atoms with E-state index < -0.39 is 30.7 Å². The van der Waals surface area contributed by atoms with E-state index in [1.165, 1.54) is 22.6 Å². The van der Waals surface area contributed by atoms with Gasteiger partial charge in [0.1, 0.15) is 23.3 Å². The fraction of sp³-hybridized carbons (Fsp3) is 0.318. The van der Waals surface area contributed by atoms with Crippen molar-refractivity contribution >= 4 is 28.2 Å². The van der Waals surface area contributed by atoms with Crippen LogP contribution in [0.5, 0.6) is 0 Å². The molecule has 0 aliphatic heterocycles. The molecule has 32 heavy (non-hydrogen) atoms. The molecule has 0 radical (unpaired) electrons. The summed E-state index contributed by atoms with van der Waals surface area (Å²) in [6, 6.07) is 8.24. The predicted octanol–water partition coefficient (Wildman–Crippen LogP) is 4.58. The number of alkyl halides is 2. The summed E-state index contributed by atoms with van der Waals surface area (Å²) in [6.07, 6.45) is -2.69. The maximum atomic E-state index is 15.0. The molecule has 0 saturated carbocycles. The summed E-state index contributed by atoms with van der Waals surface area (Å²) < 4.78 is 58.1. The van der Waals surface area contributed by atoms with Gasteiger partial charge in [-0.15, -0.1) is 10.2 Å². The van der Waals surface area contributed by atoms with E-state index in [4.69, 9.17) is 0 Å².